The van der Waals surface area contributed by atoms with E-state index >= 15 is 0 Å². The number of hydrogen-bond donors (Lipinski definition) is 2. The Morgan fingerprint density at radius 2 is 1.85 bits per heavy atom. The molecule has 7 heteroatoms. The number of carbonyl (C=O) groups is 2. The predicted molar refractivity (Wildman–Crippen MR) is 72.7 cm³/mol. The maximum Gasteiger partial charge on any atom is 0.409 e. The van der Waals surface area contributed by atoms with Crippen LogP contribution in [-0.4, -0.2) is 60.3 Å². The maximum absolute atomic E-state index is 12.0. The molecule has 1 aromatic rings. The van der Waals surface area contributed by atoms with Crippen LogP contribution >= 0.6 is 0 Å². The van der Waals surface area contributed by atoms with Crippen LogP contribution in [0.15, 0.2) is 24.3 Å². The lowest BCUT2D eigenvalue weighted by Gasteiger charge is -2.33. The van der Waals surface area contributed by atoms with Gasteiger partial charge in [0, 0.05) is 37.9 Å². The number of aromatic hydroxyl groups is 1. The highest BCUT2D eigenvalue weighted by Crippen LogP contribution is 2.16. The number of urea groups is 1. The molecule has 0 atom stereocenters. The second-order valence-corrected chi connectivity index (χ2v) is 4.42. The average molecular weight is 279 g/mol. The van der Waals surface area contributed by atoms with Gasteiger partial charge >= 0.3 is 12.1 Å². The number of phenols is 1. The molecule has 1 aliphatic rings. The van der Waals surface area contributed by atoms with Crippen molar-refractivity contribution in [3.63, 3.8) is 0 Å². The van der Waals surface area contributed by atoms with E-state index in [0.717, 1.165) is 0 Å². The van der Waals surface area contributed by atoms with Crippen LogP contribution in [0.2, 0.25) is 0 Å². The standard InChI is InChI=1S/C13H17N3O4/c1-20-13(19)16-7-5-15(6-8-16)12(18)14-10-3-2-4-11(17)9-10/h2-4,9,17H,5-8H2,1H3,(H,14,18). The first kappa shape index (κ1) is 14.0. The molecule has 7 nitrogen and oxygen atoms in total. The number of amides is 3. The van der Waals surface area contributed by atoms with Crippen LogP contribution in [0, 0.1) is 0 Å². The zero-order valence-corrected chi connectivity index (χ0v) is 11.2. The van der Waals surface area contributed by atoms with E-state index in [0.29, 0.717) is 31.9 Å². The van der Waals surface area contributed by atoms with Crippen LogP contribution in [0.25, 0.3) is 0 Å². The molecule has 0 unspecified atom stereocenters. The number of methoxy groups -OCH3 is 1. The van der Waals surface area contributed by atoms with Gasteiger partial charge in [-0.25, -0.2) is 9.59 Å². The summed E-state index contributed by atoms with van der Waals surface area (Å²) in [5, 5.41) is 12.0. The van der Waals surface area contributed by atoms with Gasteiger partial charge < -0.3 is 25.0 Å². The van der Waals surface area contributed by atoms with Crippen LogP contribution < -0.4 is 5.32 Å². The number of anilines is 1. The Kier molecular flexibility index (Phi) is 4.29. The van der Waals surface area contributed by atoms with Crippen molar-refractivity contribution >= 4 is 17.8 Å². The van der Waals surface area contributed by atoms with Crippen LogP contribution in [0.5, 0.6) is 5.75 Å². The van der Waals surface area contributed by atoms with Gasteiger partial charge in [-0.15, -0.1) is 0 Å². The average Bonchev–Trinajstić information content (AvgIpc) is 2.46. The van der Waals surface area contributed by atoms with E-state index in [2.05, 4.69) is 10.1 Å². The van der Waals surface area contributed by atoms with Gasteiger partial charge in [0.05, 0.1) is 7.11 Å². The molecule has 0 saturated carbocycles. The van der Waals surface area contributed by atoms with Crippen molar-refractivity contribution in [3.05, 3.63) is 24.3 Å². The van der Waals surface area contributed by atoms with E-state index < -0.39 is 0 Å². The molecular formula is C13H17N3O4. The van der Waals surface area contributed by atoms with Gasteiger partial charge in [-0.05, 0) is 12.1 Å². The first-order valence-corrected chi connectivity index (χ1v) is 6.28. The molecule has 0 aliphatic carbocycles. The molecule has 108 valence electrons. The summed E-state index contributed by atoms with van der Waals surface area (Å²) in [5.74, 6) is 0.0957. The highest BCUT2D eigenvalue weighted by Gasteiger charge is 2.24. The number of carbonyl (C=O) groups excluding carboxylic acids is 2. The minimum atomic E-state index is -0.377. The van der Waals surface area contributed by atoms with Gasteiger partial charge in [0.1, 0.15) is 5.75 Å². The Morgan fingerprint density at radius 3 is 2.45 bits per heavy atom. The Morgan fingerprint density at radius 1 is 1.20 bits per heavy atom. The normalized spacial score (nSPS) is 14.8. The van der Waals surface area contributed by atoms with Gasteiger partial charge in [0.25, 0.3) is 0 Å². The van der Waals surface area contributed by atoms with Gasteiger partial charge in [-0.2, -0.15) is 0 Å². The summed E-state index contributed by atoms with van der Waals surface area (Å²) in [7, 11) is 1.34. The van der Waals surface area contributed by atoms with Gasteiger partial charge in [-0.1, -0.05) is 6.07 Å². The Bertz CT molecular complexity index is 498. The fourth-order valence-corrected chi connectivity index (χ4v) is 2.01. The molecule has 2 rings (SSSR count). The molecular weight excluding hydrogens is 262 g/mol. The summed E-state index contributed by atoms with van der Waals surface area (Å²) in [4.78, 5) is 26.5. The topological polar surface area (TPSA) is 82.1 Å². The molecule has 0 bridgehead atoms. The number of nitrogens with one attached hydrogen (secondary N) is 1. The number of nitrogens with zero attached hydrogens (tertiary/aromatic N) is 2. The minimum absolute atomic E-state index is 0.0957. The fraction of sp³-hybridized carbons (Fsp3) is 0.385. The molecule has 3 amide bonds. The van der Waals surface area contributed by atoms with Crippen molar-refractivity contribution in [2.24, 2.45) is 0 Å². The van der Waals surface area contributed by atoms with Crippen LogP contribution in [-0.2, 0) is 4.74 Å². The molecule has 2 N–H and O–H groups in total. The molecule has 1 aromatic carbocycles. The summed E-state index contributed by atoms with van der Waals surface area (Å²) in [6.07, 6.45) is -0.377. The Hall–Kier alpha value is -2.44. The first-order chi connectivity index (χ1) is 9.60. The number of hydrogen-bond acceptors (Lipinski definition) is 4. The number of phenolic OH excluding ortho intramolecular Hbond substituents is 1. The number of benzene rings is 1. The molecule has 1 saturated heterocycles. The highest BCUT2D eigenvalue weighted by molar-refractivity contribution is 5.89. The van der Waals surface area contributed by atoms with Crippen molar-refractivity contribution in [1.82, 2.24) is 9.80 Å². The van der Waals surface area contributed by atoms with E-state index in [9.17, 15) is 14.7 Å². The van der Waals surface area contributed by atoms with E-state index in [-0.39, 0.29) is 17.9 Å². The van der Waals surface area contributed by atoms with E-state index in [1.807, 2.05) is 0 Å². The predicted octanol–water partition coefficient (Wildman–Crippen LogP) is 1.31. The van der Waals surface area contributed by atoms with Crippen LogP contribution in [0.3, 0.4) is 0 Å². The Balaban J connectivity index is 1.87. The van der Waals surface area contributed by atoms with Crippen molar-refractivity contribution < 1.29 is 19.4 Å². The maximum atomic E-state index is 12.0. The summed E-state index contributed by atoms with van der Waals surface area (Å²) in [5.41, 5.74) is 0.533. The largest absolute Gasteiger partial charge is 0.508 e. The molecule has 0 aromatic heterocycles. The molecule has 1 heterocycles. The van der Waals surface area contributed by atoms with Crippen molar-refractivity contribution in [2.45, 2.75) is 0 Å². The van der Waals surface area contributed by atoms with Gasteiger partial charge in [-0.3, -0.25) is 0 Å². The van der Waals surface area contributed by atoms with Crippen molar-refractivity contribution in [3.8, 4) is 5.75 Å². The van der Waals surface area contributed by atoms with Crippen LogP contribution in [0.1, 0.15) is 0 Å². The van der Waals surface area contributed by atoms with E-state index in [1.165, 1.54) is 19.2 Å². The zero-order chi connectivity index (χ0) is 14.5. The summed E-state index contributed by atoms with van der Waals surface area (Å²) < 4.78 is 4.63. The molecule has 0 radical (unpaired) electrons. The van der Waals surface area contributed by atoms with Crippen molar-refractivity contribution in [1.29, 1.82) is 0 Å². The summed E-state index contributed by atoms with van der Waals surface area (Å²) >= 11 is 0. The van der Waals surface area contributed by atoms with Crippen molar-refractivity contribution in [2.75, 3.05) is 38.6 Å². The number of ether oxygens (including phenoxy) is 1. The molecule has 0 spiro atoms. The lowest BCUT2D eigenvalue weighted by molar-refractivity contribution is 0.0992. The van der Waals surface area contributed by atoms with Gasteiger partial charge in [0.2, 0.25) is 0 Å². The summed E-state index contributed by atoms with van der Waals surface area (Å²) in [6, 6.07) is 6.11. The summed E-state index contributed by atoms with van der Waals surface area (Å²) in [6.45, 7) is 1.78. The fourth-order valence-electron chi connectivity index (χ4n) is 2.01. The Labute approximate surface area is 116 Å². The number of rotatable bonds is 1. The monoisotopic (exact) mass is 279 g/mol. The number of piperazine rings is 1. The zero-order valence-electron chi connectivity index (χ0n) is 11.2. The van der Waals surface area contributed by atoms with Crippen LogP contribution in [0.4, 0.5) is 15.3 Å². The smallest absolute Gasteiger partial charge is 0.409 e. The molecule has 20 heavy (non-hydrogen) atoms. The second-order valence-electron chi connectivity index (χ2n) is 4.42. The highest BCUT2D eigenvalue weighted by atomic mass is 16.5. The van der Waals surface area contributed by atoms with Gasteiger partial charge in [0.15, 0.2) is 0 Å². The van der Waals surface area contributed by atoms with E-state index in [1.54, 1.807) is 21.9 Å². The quantitative estimate of drug-likeness (QED) is 0.812. The minimum Gasteiger partial charge on any atom is -0.508 e. The molecule has 1 aliphatic heterocycles. The lowest BCUT2D eigenvalue weighted by atomic mass is 10.3. The third kappa shape index (κ3) is 3.31. The lowest BCUT2D eigenvalue weighted by Crippen LogP contribution is -2.51. The van der Waals surface area contributed by atoms with E-state index in [4.69, 9.17) is 0 Å². The SMILES string of the molecule is COC(=O)N1CCN(C(=O)Nc2cccc(O)c2)CC1. The third-order valence-electron chi connectivity index (χ3n) is 3.10. The first-order valence-electron chi connectivity index (χ1n) is 6.28. The third-order valence-corrected chi connectivity index (χ3v) is 3.10. The second kappa shape index (κ2) is 6.14. The molecule has 1 fully saturated rings.